The Bertz CT molecular complexity index is 313. The molecule has 146 valence electrons. The highest BCUT2D eigenvalue weighted by Gasteiger charge is 2.33. The predicted molar refractivity (Wildman–Crippen MR) is 94.9 cm³/mol. The normalized spacial score (nSPS) is 29.2. The van der Waals surface area contributed by atoms with Gasteiger partial charge in [0.15, 0.2) is 0 Å². The maximum Gasteiger partial charge on any atom is 0.248 e. The van der Waals surface area contributed by atoms with Gasteiger partial charge in [0, 0.05) is 25.7 Å². The number of halogens is 4. The lowest BCUT2D eigenvalue weighted by atomic mass is 9.89. The third-order valence-corrected chi connectivity index (χ3v) is 5.18. The van der Waals surface area contributed by atoms with Crippen LogP contribution in [0.5, 0.6) is 0 Å². The molecule has 0 heterocycles. The van der Waals surface area contributed by atoms with Gasteiger partial charge >= 0.3 is 0 Å². The standard InChI is InChI=1S/C10H18F2.C8H14F2.C2H6/c1-8(2)9-4-3-6-10(11,12)7-5-9;1-7-3-2-5-8(9,10)6-4-7;1-2/h8-9H,3-7H2,1-2H3;7H,2-6H2,1H3;1-2H3/t9-;7-;/m10./s1. The average Bonchev–Trinajstić information content (AvgIpc) is 2.77. The minimum Gasteiger partial charge on any atom is -0.207 e. The van der Waals surface area contributed by atoms with Crippen LogP contribution in [-0.2, 0) is 0 Å². The summed E-state index contributed by atoms with van der Waals surface area (Å²) in [6, 6.07) is 0. The molecule has 0 amide bonds. The Hall–Kier alpha value is -0.280. The van der Waals surface area contributed by atoms with E-state index in [-0.39, 0.29) is 25.7 Å². The molecule has 24 heavy (non-hydrogen) atoms. The van der Waals surface area contributed by atoms with Gasteiger partial charge in [-0.05, 0) is 49.9 Å². The zero-order valence-corrected chi connectivity index (χ0v) is 16.3. The van der Waals surface area contributed by atoms with Crippen molar-refractivity contribution in [3.05, 3.63) is 0 Å². The van der Waals surface area contributed by atoms with Gasteiger partial charge in [0.2, 0.25) is 11.8 Å². The zero-order valence-electron chi connectivity index (χ0n) is 16.3. The Morgan fingerprint density at radius 3 is 1.67 bits per heavy atom. The molecule has 0 aliphatic heterocycles. The molecule has 0 nitrogen and oxygen atoms in total. The van der Waals surface area contributed by atoms with Crippen molar-refractivity contribution in [2.45, 2.75) is 111 Å². The van der Waals surface area contributed by atoms with Gasteiger partial charge in [-0.1, -0.05) is 41.0 Å². The third kappa shape index (κ3) is 10.6. The Labute approximate surface area is 146 Å². The summed E-state index contributed by atoms with van der Waals surface area (Å²) in [7, 11) is 0. The van der Waals surface area contributed by atoms with Gasteiger partial charge in [0.25, 0.3) is 0 Å². The van der Waals surface area contributed by atoms with E-state index in [1.54, 1.807) is 0 Å². The maximum atomic E-state index is 12.9. The number of hydrogen-bond acceptors (Lipinski definition) is 0. The van der Waals surface area contributed by atoms with Gasteiger partial charge in [-0.15, -0.1) is 0 Å². The topological polar surface area (TPSA) is 0 Å². The monoisotopic (exact) mass is 354 g/mol. The van der Waals surface area contributed by atoms with Crippen molar-refractivity contribution < 1.29 is 17.6 Å². The van der Waals surface area contributed by atoms with Gasteiger partial charge in [0.05, 0.1) is 0 Å². The fourth-order valence-electron chi connectivity index (χ4n) is 3.39. The highest BCUT2D eigenvalue weighted by molar-refractivity contribution is 4.76. The summed E-state index contributed by atoms with van der Waals surface area (Å²) in [6.07, 6.45) is 5.22. The van der Waals surface area contributed by atoms with E-state index in [1.807, 2.05) is 13.8 Å². The van der Waals surface area contributed by atoms with Gasteiger partial charge < -0.3 is 0 Å². The second kappa shape index (κ2) is 11.4. The van der Waals surface area contributed by atoms with Crippen LogP contribution in [0.2, 0.25) is 0 Å². The summed E-state index contributed by atoms with van der Waals surface area (Å²) in [4.78, 5) is 0. The molecular weight excluding hydrogens is 316 g/mol. The summed E-state index contributed by atoms with van der Waals surface area (Å²) in [5.74, 6) is -3.13. The van der Waals surface area contributed by atoms with E-state index in [9.17, 15) is 17.6 Å². The van der Waals surface area contributed by atoms with Crippen LogP contribution in [0.15, 0.2) is 0 Å². The molecular formula is C20H38F4. The molecule has 0 N–H and O–H groups in total. The first-order valence-electron chi connectivity index (χ1n) is 9.87. The molecule has 0 spiro atoms. The largest absolute Gasteiger partial charge is 0.248 e. The highest BCUT2D eigenvalue weighted by atomic mass is 19.3. The van der Waals surface area contributed by atoms with Crippen molar-refractivity contribution in [3.8, 4) is 0 Å². The summed E-state index contributed by atoms with van der Waals surface area (Å²) in [5.41, 5.74) is 0. The average molecular weight is 355 g/mol. The van der Waals surface area contributed by atoms with Crippen LogP contribution in [0.4, 0.5) is 17.6 Å². The van der Waals surface area contributed by atoms with Crippen molar-refractivity contribution in [2.75, 3.05) is 0 Å². The zero-order chi connectivity index (χ0) is 18.8. The Morgan fingerprint density at radius 2 is 1.17 bits per heavy atom. The van der Waals surface area contributed by atoms with E-state index >= 15 is 0 Å². The lowest BCUT2D eigenvalue weighted by molar-refractivity contribution is -0.0156. The second-order valence-electron chi connectivity index (χ2n) is 7.68. The second-order valence-corrected chi connectivity index (χ2v) is 7.68. The van der Waals surface area contributed by atoms with E-state index in [0.717, 1.165) is 12.8 Å². The van der Waals surface area contributed by atoms with Crippen LogP contribution >= 0.6 is 0 Å². The predicted octanol–water partition coefficient (Wildman–Crippen LogP) is 8.11. The molecule has 2 atom stereocenters. The van der Waals surface area contributed by atoms with Crippen molar-refractivity contribution in [1.82, 2.24) is 0 Å². The number of rotatable bonds is 1. The molecule has 2 saturated carbocycles. The van der Waals surface area contributed by atoms with Gasteiger partial charge in [-0.2, -0.15) is 0 Å². The van der Waals surface area contributed by atoms with Gasteiger partial charge in [-0.3, -0.25) is 0 Å². The summed E-state index contributed by atoms with van der Waals surface area (Å²) < 4.78 is 51.1. The summed E-state index contributed by atoms with van der Waals surface area (Å²) in [6.45, 7) is 10.3. The first-order chi connectivity index (χ1) is 11.1. The molecule has 4 heteroatoms. The van der Waals surface area contributed by atoms with E-state index < -0.39 is 11.8 Å². The van der Waals surface area contributed by atoms with E-state index in [0.29, 0.717) is 43.4 Å². The molecule has 2 rings (SSSR count). The summed E-state index contributed by atoms with van der Waals surface area (Å²) >= 11 is 0. The summed E-state index contributed by atoms with van der Waals surface area (Å²) in [5, 5.41) is 0. The third-order valence-electron chi connectivity index (χ3n) is 5.18. The lowest BCUT2D eigenvalue weighted by Crippen LogP contribution is -2.14. The van der Waals surface area contributed by atoms with Crippen molar-refractivity contribution in [3.63, 3.8) is 0 Å². The quantitative estimate of drug-likeness (QED) is 0.329. The maximum absolute atomic E-state index is 12.9. The van der Waals surface area contributed by atoms with Crippen molar-refractivity contribution in [2.24, 2.45) is 17.8 Å². The van der Waals surface area contributed by atoms with Crippen LogP contribution in [0.3, 0.4) is 0 Å². The Balaban J connectivity index is 0.000000405. The van der Waals surface area contributed by atoms with Crippen LogP contribution in [0.25, 0.3) is 0 Å². The lowest BCUT2D eigenvalue weighted by Gasteiger charge is -2.18. The van der Waals surface area contributed by atoms with Gasteiger partial charge in [-0.25, -0.2) is 17.6 Å². The van der Waals surface area contributed by atoms with Gasteiger partial charge in [0.1, 0.15) is 0 Å². The smallest absolute Gasteiger partial charge is 0.207 e. The van der Waals surface area contributed by atoms with Crippen LogP contribution in [0, 0.1) is 17.8 Å². The molecule has 2 aliphatic rings. The minimum absolute atomic E-state index is 0.105. The number of alkyl halides is 4. The molecule has 2 aliphatic carbocycles. The SMILES string of the molecule is CC.CC(C)[C@@H]1CCCC(F)(F)CC1.C[C@H]1CCCC(F)(F)CC1. The molecule has 0 saturated heterocycles. The van der Waals surface area contributed by atoms with Crippen LogP contribution in [-0.4, -0.2) is 11.8 Å². The number of hydrogen-bond donors (Lipinski definition) is 0. The van der Waals surface area contributed by atoms with E-state index in [4.69, 9.17) is 0 Å². The Morgan fingerprint density at radius 1 is 0.708 bits per heavy atom. The van der Waals surface area contributed by atoms with Crippen molar-refractivity contribution >= 4 is 0 Å². The molecule has 0 unspecified atom stereocenters. The molecule has 2 fully saturated rings. The molecule has 0 bridgehead atoms. The fraction of sp³-hybridized carbons (Fsp3) is 1.00. The molecule has 0 radical (unpaired) electrons. The highest BCUT2D eigenvalue weighted by Crippen LogP contribution is 2.37. The molecule has 0 aromatic carbocycles. The van der Waals surface area contributed by atoms with Crippen molar-refractivity contribution in [1.29, 1.82) is 0 Å². The van der Waals surface area contributed by atoms with Crippen LogP contribution < -0.4 is 0 Å². The Kier molecular flexibility index (Phi) is 11.2. The fourth-order valence-corrected chi connectivity index (χ4v) is 3.39. The van der Waals surface area contributed by atoms with E-state index in [1.165, 1.54) is 0 Å². The van der Waals surface area contributed by atoms with E-state index in [2.05, 4.69) is 20.8 Å². The molecule has 0 aromatic rings. The molecule has 0 aromatic heterocycles. The van der Waals surface area contributed by atoms with Crippen LogP contribution in [0.1, 0.15) is 98.8 Å². The minimum atomic E-state index is -2.37. The first kappa shape index (κ1) is 23.7. The first-order valence-corrected chi connectivity index (χ1v) is 9.87.